The highest BCUT2D eigenvalue weighted by Crippen LogP contribution is 2.28. The zero-order valence-electron chi connectivity index (χ0n) is 10.5. The highest BCUT2D eigenvalue weighted by Gasteiger charge is 2.18. The highest BCUT2D eigenvalue weighted by molar-refractivity contribution is 7.10. The summed E-state index contributed by atoms with van der Waals surface area (Å²) in [5, 5.41) is 4.48. The molecule has 4 nitrogen and oxygen atoms in total. The van der Waals surface area contributed by atoms with Crippen LogP contribution in [0.25, 0.3) is 0 Å². The fourth-order valence-corrected chi connectivity index (χ4v) is 2.00. The number of ether oxygens (including phenoxy) is 1. The Bertz CT molecular complexity index is 336. The maximum atomic E-state index is 5.70. The monoisotopic (exact) mass is 243 g/mol. The molecule has 0 spiro atoms. The number of anilines is 2. The summed E-state index contributed by atoms with van der Waals surface area (Å²) < 4.78 is 9.21. The van der Waals surface area contributed by atoms with Crippen molar-refractivity contribution in [1.82, 2.24) is 4.37 Å². The van der Waals surface area contributed by atoms with Gasteiger partial charge >= 0.3 is 0 Å². The molecule has 1 heterocycles. The van der Waals surface area contributed by atoms with E-state index in [2.05, 4.69) is 23.5 Å². The first-order chi connectivity index (χ1) is 7.46. The Morgan fingerprint density at radius 2 is 2.19 bits per heavy atom. The molecule has 0 aliphatic rings. The molecule has 0 unspecified atom stereocenters. The molecule has 0 bridgehead atoms. The molecular weight excluding hydrogens is 222 g/mol. The van der Waals surface area contributed by atoms with Gasteiger partial charge in [-0.3, -0.25) is 0 Å². The van der Waals surface area contributed by atoms with E-state index in [9.17, 15) is 0 Å². The maximum Gasteiger partial charge on any atom is 0.142 e. The number of nitrogens with one attached hydrogen (secondary N) is 1. The summed E-state index contributed by atoms with van der Waals surface area (Å²) in [4.78, 5) is 0. The van der Waals surface area contributed by atoms with Crippen molar-refractivity contribution in [2.45, 2.75) is 27.2 Å². The maximum absolute atomic E-state index is 5.70. The van der Waals surface area contributed by atoms with Gasteiger partial charge in [0.15, 0.2) is 0 Å². The van der Waals surface area contributed by atoms with Crippen LogP contribution in [0.1, 0.15) is 25.8 Å². The van der Waals surface area contributed by atoms with Gasteiger partial charge < -0.3 is 15.8 Å². The third-order valence-corrected chi connectivity index (χ3v) is 3.59. The number of aromatic nitrogens is 1. The van der Waals surface area contributed by atoms with Crippen LogP contribution in [0, 0.1) is 12.3 Å². The van der Waals surface area contributed by atoms with E-state index >= 15 is 0 Å². The Labute approximate surface area is 101 Å². The molecule has 0 saturated heterocycles. The van der Waals surface area contributed by atoms with Crippen LogP contribution < -0.4 is 11.1 Å². The number of hydrogen-bond acceptors (Lipinski definition) is 5. The Morgan fingerprint density at radius 3 is 2.69 bits per heavy atom. The van der Waals surface area contributed by atoms with Crippen LogP contribution in [-0.2, 0) is 4.74 Å². The minimum Gasteiger partial charge on any atom is -0.385 e. The number of hydrogen-bond donors (Lipinski definition) is 2. The van der Waals surface area contributed by atoms with Gasteiger partial charge in [0.2, 0.25) is 0 Å². The van der Waals surface area contributed by atoms with Gasteiger partial charge in [-0.25, -0.2) is 0 Å². The smallest absolute Gasteiger partial charge is 0.142 e. The molecule has 3 N–H and O–H groups in total. The fourth-order valence-electron chi connectivity index (χ4n) is 1.30. The van der Waals surface area contributed by atoms with E-state index in [4.69, 9.17) is 10.5 Å². The lowest BCUT2D eigenvalue weighted by Crippen LogP contribution is -2.24. The van der Waals surface area contributed by atoms with Gasteiger partial charge in [-0.05, 0) is 30.3 Å². The van der Waals surface area contributed by atoms with Gasteiger partial charge in [-0.15, -0.1) is 0 Å². The number of rotatable bonds is 6. The van der Waals surface area contributed by atoms with Crippen molar-refractivity contribution in [2.24, 2.45) is 5.41 Å². The number of nitrogens with zero attached hydrogens (tertiary/aromatic N) is 1. The Hall–Kier alpha value is -0.810. The van der Waals surface area contributed by atoms with Crippen molar-refractivity contribution >= 4 is 22.4 Å². The van der Waals surface area contributed by atoms with Crippen LogP contribution in [-0.4, -0.2) is 24.6 Å². The molecule has 1 rings (SSSR count). The summed E-state index contributed by atoms with van der Waals surface area (Å²) in [5.74, 6) is 0.627. The van der Waals surface area contributed by atoms with Crippen molar-refractivity contribution in [3.8, 4) is 0 Å². The van der Waals surface area contributed by atoms with Gasteiger partial charge in [-0.1, -0.05) is 13.8 Å². The number of nitrogens with two attached hydrogens (primary N) is 1. The minimum absolute atomic E-state index is 0.210. The number of methoxy groups -OCH3 is 1. The molecule has 0 fully saturated rings. The molecule has 92 valence electrons. The lowest BCUT2D eigenvalue weighted by molar-refractivity contribution is 0.157. The Balaban J connectivity index is 2.47. The van der Waals surface area contributed by atoms with Crippen LogP contribution in [0.5, 0.6) is 0 Å². The normalized spacial score (nSPS) is 11.8. The van der Waals surface area contributed by atoms with Crippen LogP contribution in [0.2, 0.25) is 0 Å². The van der Waals surface area contributed by atoms with E-state index < -0.39 is 0 Å². The standard InChI is InChI=1S/C11H21N3OS/c1-8-9(12)14-16-10(8)13-7-11(2,3)5-6-15-4/h13H,5-7H2,1-4H3,(H2,12,14). The van der Waals surface area contributed by atoms with Crippen LogP contribution in [0.15, 0.2) is 0 Å². The zero-order chi connectivity index (χ0) is 12.2. The van der Waals surface area contributed by atoms with Gasteiger partial charge in [0.25, 0.3) is 0 Å². The van der Waals surface area contributed by atoms with Crippen molar-refractivity contribution in [3.05, 3.63) is 5.56 Å². The first kappa shape index (κ1) is 13.3. The molecule has 5 heteroatoms. The third kappa shape index (κ3) is 3.64. The highest BCUT2D eigenvalue weighted by atomic mass is 32.1. The van der Waals surface area contributed by atoms with E-state index in [-0.39, 0.29) is 5.41 Å². The average molecular weight is 243 g/mol. The fraction of sp³-hybridized carbons (Fsp3) is 0.727. The molecule has 0 radical (unpaired) electrons. The quantitative estimate of drug-likeness (QED) is 0.806. The first-order valence-corrected chi connectivity index (χ1v) is 6.18. The van der Waals surface area contributed by atoms with Gasteiger partial charge in [0.1, 0.15) is 10.8 Å². The summed E-state index contributed by atoms with van der Waals surface area (Å²) in [6, 6.07) is 0. The second-order valence-corrected chi connectivity index (χ2v) is 5.56. The SMILES string of the molecule is COCCC(C)(C)CNc1snc(N)c1C. The molecule has 0 amide bonds. The summed E-state index contributed by atoms with van der Waals surface area (Å²) in [6.45, 7) is 8.12. The molecule has 1 aromatic heterocycles. The first-order valence-electron chi connectivity index (χ1n) is 5.41. The summed E-state index contributed by atoms with van der Waals surface area (Å²) in [7, 11) is 1.73. The molecular formula is C11H21N3OS. The van der Waals surface area contributed by atoms with Gasteiger partial charge in [0, 0.05) is 25.8 Å². The van der Waals surface area contributed by atoms with Crippen LogP contribution >= 0.6 is 11.5 Å². The molecule has 0 aliphatic heterocycles. The van der Waals surface area contributed by atoms with E-state index in [0.29, 0.717) is 5.82 Å². The lowest BCUT2D eigenvalue weighted by Gasteiger charge is -2.24. The van der Waals surface area contributed by atoms with Crippen molar-refractivity contribution in [2.75, 3.05) is 31.3 Å². The van der Waals surface area contributed by atoms with Gasteiger partial charge in [0.05, 0.1) is 0 Å². The van der Waals surface area contributed by atoms with Crippen molar-refractivity contribution in [1.29, 1.82) is 0 Å². The van der Waals surface area contributed by atoms with Crippen molar-refractivity contribution < 1.29 is 4.74 Å². The third-order valence-electron chi connectivity index (χ3n) is 2.67. The average Bonchev–Trinajstić information content (AvgIpc) is 2.55. The zero-order valence-corrected chi connectivity index (χ0v) is 11.3. The predicted octanol–water partition coefficient (Wildman–Crippen LogP) is 2.51. The van der Waals surface area contributed by atoms with E-state index in [1.165, 1.54) is 11.5 Å². The second-order valence-electron chi connectivity index (χ2n) is 4.78. The molecule has 0 aliphatic carbocycles. The predicted molar refractivity (Wildman–Crippen MR) is 70.0 cm³/mol. The van der Waals surface area contributed by atoms with Crippen LogP contribution in [0.3, 0.4) is 0 Å². The van der Waals surface area contributed by atoms with Crippen LogP contribution in [0.4, 0.5) is 10.8 Å². The summed E-state index contributed by atoms with van der Waals surface area (Å²) >= 11 is 1.42. The summed E-state index contributed by atoms with van der Waals surface area (Å²) in [5.41, 5.74) is 6.96. The molecule has 1 aromatic rings. The van der Waals surface area contributed by atoms with E-state index in [0.717, 1.165) is 30.1 Å². The molecule has 0 atom stereocenters. The minimum atomic E-state index is 0.210. The second kappa shape index (κ2) is 5.50. The lowest BCUT2D eigenvalue weighted by atomic mass is 9.90. The largest absolute Gasteiger partial charge is 0.385 e. The molecule has 0 saturated carbocycles. The summed E-state index contributed by atoms with van der Waals surface area (Å²) in [6.07, 6.45) is 1.03. The molecule has 16 heavy (non-hydrogen) atoms. The van der Waals surface area contributed by atoms with Crippen molar-refractivity contribution in [3.63, 3.8) is 0 Å². The Kier molecular flexibility index (Phi) is 4.56. The van der Waals surface area contributed by atoms with E-state index in [1.807, 2.05) is 6.92 Å². The van der Waals surface area contributed by atoms with Gasteiger partial charge in [-0.2, -0.15) is 4.37 Å². The van der Waals surface area contributed by atoms with E-state index in [1.54, 1.807) is 7.11 Å². The topological polar surface area (TPSA) is 60.2 Å². The Morgan fingerprint density at radius 1 is 1.50 bits per heavy atom. The molecule has 0 aromatic carbocycles. The number of nitrogen functional groups attached to an aromatic ring is 1.